The third-order valence-corrected chi connectivity index (χ3v) is 6.90. The van der Waals surface area contributed by atoms with Crippen molar-refractivity contribution in [1.82, 2.24) is 4.90 Å². The average Bonchev–Trinajstić information content (AvgIpc) is 3.47. The minimum absolute atomic E-state index is 0.0325. The molecule has 0 atom stereocenters. The Kier molecular flexibility index (Phi) is 6.04. The van der Waals surface area contributed by atoms with Crippen molar-refractivity contribution in [3.63, 3.8) is 0 Å². The standard InChI is InChI=1S/C26H20N4O3S/c27-14-23-22-12-13-29(16-18-4-2-1-3-5-18)17-25(22)34-26(23)28-15-21-10-11-24(33-21)19-6-8-20(9-7-19)30(31)32/h1-11,15H,12-13,16-17H2. The summed E-state index contributed by atoms with van der Waals surface area (Å²) in [6.07, 6.45) is 2.46. The monoisotopic (exact) mass is 468 g/mol. The van der Waals surface area contributed by atoms with Gasteiger partial charge in [0.1, 0.15) is 22.6 Å². The van der Waals surface area contributed by atoms with Crippen LogP contribution < -0.4 is 0 Å². The van der Waals surface area contributed by atoms with Gasteiger partial charge in [-0.2, -0.15) is 5.26 Å². The van der Waals surface area contributed by atoms with Crippen LogP contribution in [0.2, 0.25) is 0 Å². The number of nitrogens with zero attached hydrogens (tertiary/aromatic N) is 4. The van der Waals surface area contributed by atoms with Crippen LogP contribution >= 0.6 is 11.3 Å². The van der Waals surface area contributed by atoms with Crippen LogP contribution in [0.5, 0.6) is 0 Å². The molecule has 0 saturated carbocycles. The van der Waals surface area contributed by atoms with E-state index in [1.54, 1.807) is 41.8 Å². The molecule has 4 aromatic rings. The van der Waals surface area contributed by atoms with Gasteiger partial charge in [-0.25, -0.2) is 4.99 Å². The van der Waals surface area contributed by atoms with E-state index in [4.69, 9.17) is 4.42 Å². The van der Waals surface area contributed by atoms with Crippen LogP contribution in [0.3, 0.4) is 0 Å². The maximum Gasteiger partial charge on any atom is 0.269 e. The second-order valence-electron chi connectivity index (χ2n) is 8.01. The second kappa shape index (κ2) is 9.43. The highest BCUT2D eigenvalue weighted by atomic mass is 32.1. The molecular formula is C26H20N4O3S. The number of benzene rings is 2. The first-order valence-electron chi connectivity index (χ1n) is 10.8. The summed E-state index contributed by atoms with van der Waals surface area (Å²) in [6, 6.07) is 22.5. The molecule has 34 heavy (non-hydrogen) atoms. The van der Waals surface area contributed by atoms with Gasteiger partial charge in [0.05, 0.1) is 16.7 Å². The van der Waals surface area contributed by atoms with E-state index in [1.165, 1.54) is 22.6 Å². The fourth-order valence-electron chi connectivity index (χ4n) is 4.07. The molecule has 0 bridgehead atoms. The lowest BCUT2D eigenvalue weighted by molar-refractivity contribution is -0.384. The number of non-ortho nitro benzene ring substituents is 1. The number of aliphatic imine (C=N–C) groups is 1. The van der Waals surface area contributed by atoms with Crippen molar-refractivity contribution in [2.45, 2.75) is 19.5 Å². The Balaban J connectivity index is 1.32. The van der Waals surface area contributed by atoms with E-state index in [0.717, 1.165) is 37.2 Å². The van der Waals surface area contributed by atoms with Crippen molar-refractivity contribution in [3.05, 3.63) is 104 Å². The molecule has 0 spiro atoms. The van der Waals surface area contributed by atoms with E-state index in [9.17, 15) is 15.4 Å². The summed E-state index contributed by atoms with van der Waals surface area (Å²) in [5.41, 5.74) is 3.81. The smallest absolute Gasteiger partial charge is 0.269 e. The molecule has 1 aliphatic heterocycles. The molecule has 0 saturated heterocycles. The molecule has 0 aliphatic carbocycles. The molecule has 2 aromatic carbocycles. The van der Waals surface area contributed by atoms with Crippen LogP contribution in [0.1, 0.15) is 27.3 Å². The Morgan fingerprint density at radius 2 is 1.94 bits per heavy atom. The lowest BCUT2D eigenvalue weighted by Gasteiger charge is -2.26. The number of rotatable bonds is 6. The first-order valence-corrected chi connectivity index (χ1v) is 11.6. The fraction of sp³-hybridized carbons (Fsp3) is 0.154. The largest absolute Gasteiger partial charge is 0.455 e. The van der Waals surface area contributed by atoms with E-state index < -0.39 is 4.92 Å². The third kappa shape index (κ3) is 4.53. The van der Waals surface area contributed by atoms with Gasteiger partial charge in [0, 0.05) is 42.2 Å². The summed E-state index contributed by atoms with van der Waals surface area (Å²) in [4.78, 5) is 18.6. The molecule has 0 amide bonds. The van der Waals surface area contributed by atoms with Crippen LogP contribution in [-0.2, 0) is 19.5 Å². The Hall–Kier alpha value is -4.06. The molecule has 7 nitrogen and oxygen atoms in total. The third-order valence-electron chi connectivity index (χ3n) is 5.78. The predicted octanol–water partition coefficient (Wildman–Crippen LogP) is 6.10. The van der Waals surface area contributed by atoms with Gasteiger partial charge in [-0.05, 0) is 41.8 Å². The topological polar surface area (TPSA) is 95.7 Å². The van der Waals surface area contributed by atoms with Crippen LogP contribution in [0.4, 0.5) is 10.7 Å². The van der Waals surface area contributed by atoms with E-state index in [-0.39, 0.29) is 5.69 Å². The van der Waals surface area contributed by atoms with E-state index >= 15 is 0 Å². The number of hydrogen-bond donors (Lipinski definition) is 0. The number of nitro benzene ring substituents is 1. The Labute approximate surface area is 200 Å². The number of nitriles is 1. The van der Waals surface area contributed by atoms with Gasteiger partial charge in [0.25, 0.3) is 5.69 Å². The van der Waals surface area contributed by atoms with E-state index in [2.05, 4.69) is 40.2 Å². The number of hydrogen-bond acceptors (Lipinski definition) is 7. The molecule has 2 aromatic heterocycles. The zero-order valence-electron chi connectivity index (χ0n) is 18.2. The highest BCUT2D eigenvalue weighted by Crippen LogP contribution is 2.38. The zero-order chi connectivity index (χ0) is 23.5. The van der Waals surface area contributed by atoms with Crippen LogP contribution in [0, 0.1) is 21.4 Å². The minimum atomic E-state index is -0.432. The molecular weight excluding hydrogens is 448 g/mol. The molecule has 1 aliphatic rings. The lowest BCUT2D eigenvalue weighted by atomic mass is 10.0. The maximum atomic E-state index is 10.8. The average molecular weight is 469 g/mol. The van der Waals surface area contributed by atoms with E-state index in [0.29, 0.717) is 22.1 Å². The van der Waals surface area contributed by atoms with Gasteiger partial charge >= 0.3 is 0 Å². The SMILES string of the molecule is N#Cc1c(N=Cc2ccc(-c3ccc([N+](=O)[O-])cc3)o2)sc2c1CCN(Cc1ccccc1)C2. The van der Waals surface area contributed by atoms with Crippen LogP contribution in [0.25, 0.3) is 11.3 Å². The quantitative estimate of drug-likeness (QED) is 0.194. The van der Waals surface area contributed by atoms with Gasteiger partial charge in [-0.15, -0.1) is 11.3 Å². The molecule has 8 heteroatoms. The normalized spacial score (nSPS) is 13.6. The summed E-state index contributed by atoms with van der Waals surface area (Å²) < 4.78 is 5.85. The summed E-state index contributed by atoms with van der Waals surface area (Å²) in [5, 5.41) is 21.3. The van der Waals surface area contributed by atoms with Crippen LogP contribution in [-0.4, -0.2) is 22.6 Å². The summed E-state index contributed by atoms with van der Waals surface area (Å²) in [5.74, 6) is 1.15. The van der Waals surface area contributed by atoms with Gasteiger partial charge in [-0.3, -0.25) is 15.0 Å². The number of furan rings is 1. The first-order chi connectivity index (χ1) is 16.6. The van der Waals surface area contributed by atoms with E-state index in [1.807, 2.05) is 6.07 Å². The van der Waals surface area contributed by atoms with Crippen molar-refractivity contribution in [3.8, 4) is 17.4 Å². The summed E-state index contributed by atoms with van der Waals surface area (Å²) in [7, 11) is 0. The molecule has 168 valence electrons. The predicted molar refractivity (Wildman–Crippen MR) is 131 cm³/mol. The Morgan fingerprint density at radius 3 is 2.68 bits per heavy atom. The summed E-state index contributed by atoms with van der Waals surface area (Å²) in [6.45, 7) is 2.61. The molecule has 5 rings (SSSR count). The highest BCUT2D eigenvalue weighted by molar-refractivity contribution is 7.16. The fourth-order valence-corrected chi connectivity index (χ4v) is 5.26. The van der Waals surface area contributed by atoms with Crippen molar-refractivity contribution < 1.29 is 9.34 Å². The number of fused-ring (bicyclic) bond motifs is 1. The van der Waals surface area contributed by atoms with Gasteiger partial charge in [-0.1, -0.05) is 30.3 Å². The first kappa shape index (κ1) is 21.8. The Bertz CT molecular complexity index is 1400. The highest BCUT2D eigenvalue weighted by Gasteiger charge is 2.24. The molecule has 3 heterocycles. The van der Waals surface area contributed by atoms with Crippen molar-refractivity contribution in [2.24, 2.45) is 4.99 Å². The van der Waals surface area contributed by atoms with Crippen LogP contribution in [0.15, 0.2) is 76.1 Å². The lowest BCUT2D eigenvalue weighted by Crippen LogP contribution is -2.29. The van der Waals surface area contributed by atoms with Gasteiger partial charge in [0.2, 0.25) is 0 Å². The van der Waals surface area contributed by atoms with Gasteiger partial charge < -0.3 is 4.42 Å². The zero-order valence-corrected chi connectivity index (χ0v) is 19.0. The van der Waals surface area contributed by atoms with Crippen molar-refractivity contribution in [2.75, 3.05) is 6.54 Å². The Morgan fingerprint density at radius 1 is 1.15 bits per heavy atom. The van der Waals surface area contributed by atoms with Gasteiger partial charge in [0.15, 0.2) is 0 Å². The number of thiophene rings is 1. The minimum Gasteiger partial charge on any atom is -0.455 e. The second-order valence-corrected chi connectivity index (χ2v) is 9.09. The van der Waals surface area contributed by atoms with Crippen molar-refractivity contribution >= 4 is 28.2 Å². The molecule has 0 radical (unpaired) electrons. The summed E-state index contributed by atoms with van der Waals surface area (Å²) >= 11 is 1.56. The van der Waals surface area contributed by atoms with Crippen molar-refractivity contribution in [1.29, 1.82) is 5.26 Å². The maximum absolute atomic E-state index is 10.8. The molecule has 0 fully saturated rings. The molecule has 0 N–H and O–H groups in total. The molecule has 0 unspecified atom stereocenters. The number of nitro groups is 1.